The molecule has 0 aromatic heterocycles. The number of thioether (sulfide) groups is 1. The van der Waals surface area contributed by atoms with Gasteiger partial charge in [-0.05, 0) is 30.9 Å². The highest BCUT2D eigenvalue weighted by Crippen LogP contribution is 2.27. The van der Waals surface area contributed by atoms with Crippen LogP contribution in [0.2, 0.25) is 0 Å². The van der Waals surface area contributed by atoms with Crippen molar-refractivity contribution in [1.29, 1.82) is 0 Å². The first kappa shape index (κ1) is 16.1. The summed E-state index contributed by atoms with van der Waals surface area (Å²) < 4.78 is 5.74. The van der Waals surface area contributed by atoms with Gasteiger partial charge >= 0.3 is 0 Å². The molecule has 2 rings (SSSR count). The highest BCUT2D eigenvalue weighted by molar-refractivity contribution is 7.99. The second kappa shape index (κ2) is 7.66. The zero-order valence-corrected chi connectivity index (χ0v) is 13.5. The lowest BCUT2D eigenvalue weighted by Gasteiger charge is -2.34. The Labute approximate surface area is 126 Å². The molecule has 2 aliphatic rings. The highest BCUT2D eigenvalue weighted by Gasteiger charge is 2.34. The van der Waals surface area contributed by atoms with Gasteiger partial charge in [0.15, 0.2) is 0 Å². The Morgan fingerprint density at radius 2 is 2.25 bits per heavy atom. The molecule has 3 unspecified atom stereocenters. The quantitative estimate of drug-likeness (QED) is 0.811. The average Bonchev–Trinajstić information content (AvgIpc) is 3.09. The standard InChI is InChI=1S/C15H28N2O2S/c1-11(2)14(8-16)15(18)17(12-5-7-20-10-12)9-13-4-3-6-19-13/h11-14H,3-10,16H2,1-2H3. The molecule has 0 radical (unpaired) electrons. The molecule has 1 amide bonds. The van der Waals surface area contributed by atoms with E-state index in [1.54, 1.807) is 0 Å². The van der Waals surface area contributed by atoms with Crippen LogP contribution in [0, 0.1) is 11.8 Å². The molecule has 2 fully saturated rings. The molecule has 20 heavy (non-hydrogen) atoms. The number of rotatable bonds is 6. The van der Waals surface area contributed by atoms with Crippen LogP contribution in [0.25, 0.3) is 0 Å². The molecule has 2 N–H and O–H groups in total. The fourth-order valence-electron chi connectivity index (χ4n) is 3.07. The number of amides is 1. The Bertz CT molecular complexity index is 313. The molecule has 0 aromatic carbocycles. The summed E-state index contributed by atoms with van der Waals surface area (Å²) in [6, 6.07) is 0.379. The number of nitrogens with zero attached hydrogens (tertiary/aromatic N) is 1. The summed E-state index contributed by atoms with van der Waals surface area (Å²) in [4.78, 5) is 15.0. The average molecular weight is 300 g/mol. The van der Waals surface area contributed by atoms with Crippen LogP contribution in [0.4, 0.5) is 0 Å². The van der Waals surface area contributed by atoms with Crippen LogP contribution in [0.5, 0.6) is 0 Å². The van der Waals surface area contributed by atoms with Crippen molar-refractivity contribution in [2.45, 2.75) is 45.3 Å². The van der Waals surface area contributed by atoms with Crippen molar-refractivity contribution < 1.29 is 9.53 Å². The smallest absolute Gasteiger partial charge is 0.227 e. The van der Waals surface area contributed by atoms with Gasteiger partial charge in [0.05, 0.1) is 12.0 Å². The van der Waals surface area contributed by atoms with Crippen LogP contribution in [0.3, 0.4) is 0 Å². The molecule has 2 saturated heterocycles. The first-order chi connectivity index (χ1) is 9.63. The lowest BCUT2D eigenvalue weighted by molar-refractivity contribution is -0.140. The van der Waals surface area contributed by atoms with Gasteiger partial charge < -0.3 is 15.4 Å². The van der Waals surface area contributed by atoms with Gasteiger partial charge in [0.1, 0.15) is 0 Å². The van der Waals surface area contributed by atoms with Gasteiger partial charge in [-0.2, -0.15) is 11.8 Å². The van der Waals surface area contributed by atoms with Crippen LogP contribution in [0.1, 0.15) is 33.1 Å². The van der Waals surface area contributed by atoms with Crippen LogP contribution in [-0.2, 0) is 9.53 Å². The first-order valence-corrected chi connectivity index (χ1v) is 8.98. The van der Waals surface area contributed by atoms with Crippen LogP contribution in [0.15, 0.2) is 0 Å². The lowest BCUT2D eigenvalue weighted by atomic mass is 9.93. The van der Waals surface area contributed by atoms with Gasteiger partial charge in [-0.25, -0.2) is 0 Å². The zero-order valence-electron chi connectivity index (χ0n) is 12.7. The van der Waals surface area contributed by atoms with E-state index in [-0.39, 0.29) is 17.9 Å². The Morgan fingerprint density at radius 3 is 2.75 bits per heavy atom. The summed E-state index contributed by atoms with van der Waals surface area (Å²) >= 11 is 1.95. The summed E-state index contributed by atoms with van der Waals surface area (Å²) in [5.41, 5.74) is 5.84. The third kappa shape index (κ3) is 3.89. The minimum Gasteiger partial charge on any atom is -0.376 e. The van der Waals surface area contributed by atoms with Crippen molar-refractivity contribution in [3.05, 3.63) is 0 Å². The predicted molar refractivity (Wildman–Crippen MR) is 83.8 cm³/mol. The van der Waals surface area contributed by atoms with Crippen molar-refractivity contribution in [3.8, 4) is 0 Å². The van der Waals surface area contributed by atoms with Crippen molar-refractivity contribution in [1.82, 2.24) is 4.90 Å². The van der Waals surface area contributed by atoms with E-state index < -0.39 is 0 Å². The fraction of sp³-hybridized carbons (Fsp3) is 0.933. The molecule has 2 heterocycles. The topological polar surface area (TPSA) is 55.6 Å². The van der Waals surface area contributed by atoms with E-state index in [2.05, 4.69) is 18.7 Å². The largest absolute Gasteiger partial charge is 0.376 e. The molecule has 0 aromatic rings. The van der Waals surface area contributed by atoms with Gasteiger partial charge in [-0.3, -0.25) is 4.79 Å². The number of carbonyl (C=O) groups is 1. The van der Waals surface area contributed by atoms with E-state index in [4.69, 9.17) is 10.5 Å². The molecule has 0 saturated carbocycles. The molecule has 0 bridgehead atoms. The Balaban J connectivity index is 2.05. The third-order valence-electron chi connectivity index (χ3n) is 4.43. The molecular formula is C15H28N2O2S. The van der Waals surface area contributed by atoms with Crippen molar-refractivity contribution in [2.24, 2.45) is 17.6 Å². The van der Waals surface area contributed by atoms with Crippen LogP contribution in [-0.4, -0.2) is 54.2 Å². The summed E-state index contributed by atoms with van der Waals surface area (Å²) in [6.07, 6.45) is 3.54. The van der Waals surface area contributed by atoms with Gasteiger partial charge in [-0.15, -0.1) is 0 Å². The molecule has 4 nitrogen and oxygen atoms in total. The number of ether oxygens (including phenoxy) is 1. The number of carbonyl (C=O) groups excluding carboxylic acids is 1. The second-order valence-electron chi connectivity index (χ2n) is 6.23. The highest BCUT2D eigenvalue weighted by atomic mass is 32.2. The monoisotopic (exact) mass is 300 g/mol. The van der Waals surface area contributed by atoms with E-state index in [9.17, 15) is 4.79 Å². The van der Waals surface area contributed by atoms with Gasteiger partial charge in [0, 0.05) is 31.5 Å². The van der Waals surface area contributed by atoms with E-state index in [1.165, 1.54) is 0 Å². The van der Waals surface area contributed by atoms with E-state index in [0.29, 0.717) is 18.5 Å². The van der Waals surface area contributed by atoms with E-state index in [1.807, 2.05) is 11.8 Å². The van der Waals surface area contributed by atoms with Gasteiger partial charge in [-0.1, -0.05) is 13.8 Å². The van der Waals surface area contributed by atoms with E-state index in [0.717, 1.165) is 43.9 Å². The summed E-state index contributed by atoms with van der Waals surface area (Å²) in [6.45, 7) is 6.22. The third-order valence-corrected chi connectivity index (χ3v) is 5.57. The second-order valence-corrected chi connectivity index (χ2v) is 7.38. The number of hydrogen-bond donors (Lipinski definition) is 1. The molecule has 5 heteroatoms. The van der Waals surface area contributed by atoms with Crippen molar-refractivity contribution in [2.75, 3.05) is 31.2 Å². The number of nitrogens with two attached hydrogens (primary N) is 1. The molecule has 3 atom stereocenters. The van der Waals surface area contributed by atoms with Crippen molar-refractivity contribution in [3.63, 3.8) is 0 Å². The maximum Gasteiger partial charge on any atom is 0.227 e. The predicted octanol–water partition coefficient (Wildman–Crippen LogP) is 1.73. The first-order valence-electron chi connectivity index (χ1n) is 7.83. The number of hydrogen-bond acceptors (Lipinski definition) is 4. The van der Waals surface area contributed by atoms with E-state index >= 15 is 0 Å². The molecule has 0 spiro atoms. The van der Waals surface area contributed by atoms with Gasteiger partial charge in [0.25, 0.3) is 0 Å². The zero-order chi connectivity index (χ0) is 14.5. The maximum atomic E-state index is 12.9. The maximum absolute atomic E-state index is 12.9. The minimum absolute atomic E-state index is 0.0537. The Kier molecular flexibility index (Phi) is 6.18. The molecule has 2 aliphatic heterocycles. The SMILES string of the molecule is CC(C)C(CN)C(=O)N(CC1CCCO1)C1CCSC1. The minimum atomic E-state index is -0.0537. The van der Waals surface area contributed by atoms with Crippen molar-refractivity contribution >= 4 is 17.7 Å². The Morgan fingerprint density at radius 1 is 1.45 bits per heavy atom. The Hall–Kier alpha value is -0.260. The molecule has 0 aliphatic carbocycles. The lowest BCUT2D eigenvalue weighted by Crippen LogP contribution is -2.49. The summed E-state index contributed by atoms with van der Waals surface area (Å²) in [5, 5.41) is 0. The fourth-order valence-corrected chi connectivity index (χ4v) is 4.29. The summed E-state index contributed by atoms with van der Waals surface area (Å²) in [5.74, 6) is 2.71. The normalized spacial score (nSPS) is 28.0. The van der Waals surface area contributed by atoms with Gasteiger partial charge in [0.2, 0.25) is 5.91 Å². The molecule has 116 valence electrons. The van der Waals surface area contributed by atoms with Crippen LogP contribution >= 0.6 is 11.8 Å². The summed E-state index contributed by atoms with van der Waals surface area (Å²) in [7, 11) is 0. The molecular weight excluding hydrogens is 272 g/mol. The van der Waals surface area contributed by atoms with Crippen LogP contribution < -0.4 is 5.73 Å².